The van der Waals surface area contributed by atoms with Gasteiger partial charge >= 0.3 is 18.5 Å². The van der Waals surface area contributed by atoms with E-state index in [9.17, 15) is 44.3 Å². The topological polar surface area (TPSA) is 43.1 Å². The molecule has 0 saturated carbocycles. The Morgan fingerprint density at radius 1 is 0.906 bits per heavy atom. The van der Waals surface area contributed by atoms with E-state index >= 15 is 0 Å². The van der Waals surface area contributed by atoms with Crippen molar-refractivity contribution < 1.29 is 44.3 Å². The van der Waals surface area contributed by atoms with Gasteiger partial charge in [0.05, 0.1) is 17.0 Å². The molecular weight excluding hydrogens is 453 g/mol. The van der Waals surface area contributed by atoms with Crippen LogP contribution in [0, 0.1) is 0 Å². The number of ketones is 1. The lowest BCUT2D eigenvalue weighted by Crippen LogP contribution is -2.23. The minimum Gasteiger partial charge on any atom is -0.326 e. The number of rotatable bonds is 6. The van der Waals surface area contributed by atoms with E-state index in [1.807, 2.05) is 0 Å². The number of benzene rings is 2. The Hall–Kier alpha value is -2.82. The van der Waals surface area contributed by atoms with Crippen molar-refractivity contribution >= 4 is 11.9 Å². The third-order valence-corrected chi connectivity index (χ3v) is 4.54. The van der Waals surface area contributed by atoms with Crippen molar-refractivity contribution in [3.8, 4) is 0 Å². The standard InChI is InChI=1S/C21H16F9NO/c22-19(23,24)15-3-1-2-13(9-15)18(21(28,29)30)10-16(32)7-5-12-4-6-14(11-31)17(8-12)20(25,26)27/h1-9,18H,10-11,31H2/b7-5+. The van der Waals surface area contributed by atoms with E-state index in [0.29, 0.717) is 24.3 Å². The summed E-state index contributed by atoms with van der Waals surface area (Å²) in [5, 5.41) is 0. The highest BCUT2D eigenvalue weighted by Gasteiger charge is 2.42. The van der Waals surface area contributed by atoms with Crippen molar-refractivity contribution in [1.29, 1.82) is 0 Å². The summed E-state index contributed by atoms with van der Waals surface area (Å²) in [5.74, 6) is -3.64. The SMILES string of the molecule is NCc1ccc(/C=C/C(=O)CC(c2cccc(C(F)(F)F)c2)C(F)(F)F)cc1C(F)(F)F. The summed E-state index contributed by atoms with van der Waals surface area (Å²) >= 11 is 0. The minimum absolute atomic E-state index is 0.106. The lowest BCUT2D eigenvalue weighted by atomic mass is 9.91. The quantitative estimate of drug-likeness (QED) is 0.388. The molecule has 0 heterocycles. The minimum atomic E-state index is -5.03. The van der Waals surface area contributed by atoms with E-state index in [0.717, 1.165) is 24.3 Å². The van der Waals surface area contributed by atoms with E-state index in [-0.39, 0.29) is 11.1 Å². The third-order valence-electron chi connectivity index (χ3n) is 4.54. The van der Waals surface area contributed by atoms with Gasteiger partial charge in [0, 0.05) is 13.0 Å². The zero-order chi connectivity index (χ0) is 24.3. The molecule has 0 aromatic heterocycles. The monoisotopic (exact) mass is 469 g/mol. The molecule has 2 aromatic rings. The number of nitrogens with two attached hydrogens (primary N) is 1. The molecule has 1 atom stereocenters. The van der Waals surface area contributed by atoms with Crippen molar-refractivity contribution in [2.45, 2.75) is 37.4 Å². The molecule has 2 N–H and O–H groups in total. The van der Waals surface area contributed by atoms with Crippen LogP contribution in [-0.4, -0.2) is 12.0 Å². The summed E-state index contributed by atoms with van der Waals surface area (Å²) in [6.45, 7) is -0.401. The number of allylic oxidation sites excluding steroid dienone is 1. The average molecular weight is 469 g/mol. The van der Waals surface area contributed by atoms with Crippen molar-refractivity contribution in [1.82, 2.24) is 0 Å². The molecular formula is C21H16F9NO. The first-order valence-electron chi connectivity index (χ1n) is 8.98. The normalized spacial score (nSPS) is 14.1. The van der Waals surface area contributed by atoms with Crippen molar-refractivity contribution in [3.05, 3.63) is 76.4 Å². The Morgan fingerprint density at radius 3 is 2.09 bits per heavy atom. The van der Waals surface area contributed by atoms with Crippen molar-refractivity contribution in [2.24, 2.45) is 5.73 Å². The van der Waals surface area contributed by atoms with Crippen LogP contribution in [-0.2, 0) is 23.7 Å². The summed E-state index contributed by atoms with van der Waals surface area (Å²) in [6, 6.07) is 5.52. The van der Waals surface area contributed by atoms with Gasteiger partial charge in [-0.05, 0) is 34.9 Å². The number of hydrogen-bond acceptors (Lipinski definition) is 2. The first-order valence-corrected chi connectivity index (χ1v) is 8.98. The Morgan fingerprint density at radius 2 is 1.56 bits per heavy atom. The molecule has 0 radical (unpaired) electrons. The van der Waals surface area contributed by atoms with E-state index in [2.05, 4.69) is 0 Å². The molecule has 0 aliphatic rings. The molecule has 0 aliphatic carbocycles. The van der Waals surface area contributed by atoms with Gasteiger partial charge in [0.1, 0.15) is 0 Å². The molecule has 0 amide bonds. The van der Waals surface area contributed by atoms with Gasteiger partial charge in [-0.2, -0.15) is 39.5 Å². The highest BCUT2D eigenvalue weighted by Crippen LogP contribution is 2.40. The first kappa shape index (κ1) is 25.4. The van der Waals surface area contributed by atoms with Gasteiger partial charge < -0.3 is 5.73 Å². The maximum Gasteiger partial charge on any atom is 0.416 e. The third kappa shape index (κ3) is 6.59. The summed E-state index contributed by atoms with van der Waals surface area (Å²) in [5.41, 5.74) is 1.85. The molecule has 32 heavy (non-hydrogen) atoms. The second-order valence-corrected chi connectivity index (χ2v) is 6.84. The lowest BCUT2D eigenvalue weighted by Gasteiger charge is -2.20. The average Bonchev–Trinajstić information content (AvgIpc) is 2.68. The summed E-state index contributed by atoms with van der Waals surface area (Å²) < 4.78 is 118. The van der Waals surface area contributed by atoms with Gasteiger partial charge in [-0.15, -0.1) is 0 Å². The largest absolute Gasteiger partial charge is 0.416 e. The fraction of sp³-hybridized carbons (Fsp3) is 0.286. The van der Waals surface area contributed by atoms with Crippen LogP contribution in [0.5, 0.6) is 0 Å². The van der Waals surface area contributed by atoms with Crippen LogP contribution in [0.4, 0.5) is 39.5 Å². The van der Waals surface area contributed by atoms with Crippen LogP contribution >= 0.6 is 0 Å². The van der Waals surface area contributed by atoms with Crippen LogP contribution < -0.4 is 5.73 Å². The molecule has 2 nitrogen and oxygen atoms in total. The first-order chi connectivity index (χ1) is 14.6. The van der Waals surface area contributed by atoms with E-state index in [1.165, 1.54) is 6.07 Å². The zero-order valence-electron chi connectivity index (χ0n) is 16.1. The van der Waals surface area contributed by atoms with E-state index < -0.39 is 59.9 Å². The van der Waals surface area contributed by atoms with Crippen molar-refractivity contribution in [3.63, 3.8) is 0 Å². The molecule has 0 saturated heterocycles. The fourth-order valence-electron chi connectivity index (χ4n) is 2.95. The van der Waals surface area contributed by atoms with Crippen LogP contribution in [0.25, 0.3) is 6.08 Å². The molecule has 1 unspecified atom stereocenters. The highest BCUT2D eigenvalue weighted by molar-refractivity contribution is 5.94. The Kier molecular flexibility index (Phi) is 7.44. The van der Waals surface area contributed by atoms with E-state index in [1.54, 1.807) is 0 Å². The fourth-order valence-corrected chi connectivity index (χ4v) is 2.95. The van der Waals surface area contributed by atoms with Gasteiger partial charge in [-0.3, -0.25) is 4.79 Å². The van der Waals surface area contributed by atoms with Crippen LogP contribution in [0.2, 0.25) is 0 Å². The molecule has 0 spiro atoms. The molecule has 174 valence electrons. The Balaban J connectivity index is 2.28. The van der Waals surface area contributed by atoms with E-state index in [4.69, 9.17) is 5.73 Å². The number of carbonyl (C=O) groups excluding carboxylic acids is 1. The molecule has 0 fully saturated rings. The summed E-state index contributed by atoms with van der Waals surface area (Å²) in [6.07, 6.45) is -14.3. The second-order valence-electron chi connectivity index (χ2n) is 6.84. The van der Waals surface area contributed by atoms with Gasteiger partial charge in [0.2, 0.25) is 0 Å². The van der Waals surface area contributed by atoms with Crippen LogP contribution in [0.3, 0.4) is 0 Å². The predicted molar refractivity (Wildman–Crippen MR) is 98.2 cm³/mol. The Bertz CT molecular complexity index is 988. The molecule has 0 aliphatic heterocycles. The predicted octanol–water partition coefficient (Wildman–Crippen LogP) is 6.50. The number of halogens is 9. The maximum atomic E-state index is 13.4. The van der Waals surface area contributed by atoms with Gasteiger partial charge in [0.25, 0.3) is 0 Å². The summed E-state index contributed by atoms with van der Waals surface area (Å²) in [4.78, 5) is 12.1. The number of carbonyl (C=O) groups is 1. The molecule has 2 rings (SSSR count). The highest BCUT2D eigenvalue weighted by atomic mass is 19.4. The summed E-state index contributed by atoms with van der Waals surface area (Å²) in [7, 11) is 0. The molecule has 0 bridgehead atoms. The lowest BCUT2D eigenvalue weighted by molar-refractivity contribution is -0.156. The van der Waals surface area contributed by atoms with Crippen molar-refractivity contribution in [2.75, 3.05) is 0 Å². The van der Waals surface area contributed by atoms with Crippen LogP contribution in [0.1, 0.15) is 40.2 Å². The number of alkyl halides is 9. The second kappa shape index (κ2) is 9.35. The van der Waals surface area contributed by atoms with Gasteiger partial charge in [-0.25, -0.2) is 0 Å². The van der Waals surface area contributed by atoms with Crippen LogP contribution in [0.15, 0.2) is 48.5 Å². The number of hydrogen-bond donors (Lipinski definition) is 1. The Labute approximate surface area is 176 Å². The molecule has 2 aromatic carbocycles. The smallest absolute Gasteiger partial charge is 0.326 e. The van der Waals surface area contributed by atoms with Gasteiger partial charge in [0.15, 0.2) is 5.78 Å². The maximum absolute atomic E-state index is 13.4. The van der Waals surface area contributed by atoms with Gasteiger partial charge in [-0.1, -0.05) is 36.4 Å². The zero-order valence-corrected chi connectivity index (χ0v) is 16.1. The molecule has 11 heteroatoms.